The number of benzene rings is 2. The van der Waals surface area contributed by atoms with Crippen molar-refractivity contribution in [2.24, 2.45) is 0 Å². The zero-order valence-corrected chi connectivity index (χ0v) is 12.8. The maximum Gasteiger partial charge on any atom is 0.203 e. The molecule has 108 valence electrons. The summed E-state index contributed by atoms with van der Waals surface area (Å²) >= 11 is 1.77. The molecule has 0 radical (unpaired) electrons. The molecule has 0 saturated carbocycles. The van der Waals surface area contributed by atoms with Gasteiger partial charge in [0.2, 0.25) is 5.82 Å². The smallest absolute Gasteiger partial charge is 0.203 e. The van der Waals surface area contributed by atoms with Crippen LogP contribution >= 0.6 is 22.6 Å². The van der Waals surface area contributed by atoms with Crippen molar-refractivity contribution in [2.45, 2.75) is 6.92 Å². The maximum absolute atomic E-state index is 13.9. The molecule has 2 aromatic carbocycles. The lowest BCUT2D eigenvalue weighted by molar-refractivity contribution is 0.412. The lowest BCUT2D eigenvalue weighted by Gasteiger charge is -2.14. The van der Waals surface area contributed by atoms with Gasteiger partial charge in [0, 0.05) is 15.2 Å². The fourth-order valence-electron chi connectivity index (χ4n) is 1.67. The lowest BCUT2D eigenvalue weighted by Crippen LogP contribution is -2.04. The number of hydrogen-bond donors (Lipinski definition) is 1. The monoisotopic (exact) mass is 404 g/mol. The van der Waals surface area contributed by atoms with Crippen LogP contribution in [0.15, 0.2) is 18.2 Å². The number of nitrogens with zero attached hydrogens (tertiary/aromatic N) is 1. The lowest BCUT2D eigenvalue weighted by atomic mass is 10.1. The van der Waals surface area contributed by atoms with Crippen molar-refractivity contribution in [3.8, 4) is 17.6 Å². The third-order valence-electron chi connectivity index (χ3n) is 2.81. The van der Waals surface area contributed by atoms with Gasteiger partial charge in [-0.05, 0) is 41.6 Å². The van der Waals surface area contributed by atoms with Crippen LogP contribution in [-0.2, 0) is 0 Å². The number of nitrogen functional groups attached to an aromatic ring is 1. The largest absolute Gasteiger partial charge is 0.454 e. The predicted octanol–water partition coefficient (Wildman–Crippen LogP) is 4.26. The van der Waals surface area contributed by atoms with Crippen LogP contribution in [0.1, 0.15) is 11.1 Å². The molecule has 0 aliphatic heterocycles. The van der Waals surface area contributed by atoms with Gasteiger partial charge in [-0.2, -0.15) is 9.65 Å². The van der Waals surface area contributed by atoms with Gasteiger partial charge in [0.15, 0.2) is 11.6 Å². The standard InChI is InChI=1S/C14H8F3IN2O/c1-6-12(18)13(20)10(16)11(17)14(6)21-8-2-3-9(15)7(4-8)5-19/h2-4H,20H2,1H3. The van der Waals surface area contributed by atoms with Crippen molar-refractivity contribution < 1.29 is 17.9 Å². The third-order valence-corrected chi connectivity index (χ3v) is 4.20. The fourth-order valence-corrected chi connectivity index (χ4v) is 2.16. The molecule has 0 unspecified atom stereocenters. The number of anilines is 1. The Morgan fingerprint density at radius 2 is 1.90 bits per heavy atom. The third kappa shape index (κ3) is 2.76. The van der Waals surface area contributed by atoms with Crippen LogP contribution in [0.3, 0.4) is 0 Å². The molecule has 3 nitrogen and oxygen atoms in total. The highest BCUT2D eigenvalue weighted by Crippen LogP contribution is 2.36. The molecule has 0 fully saturated rings. The van der Waals surface area contributed by atoms with Crippen molar-refractivity contribution >= 4 is 28.3 Å². The average Bonchev–Trinajstić information content (AvgIpc) is 2.49. The Balaban J connectivity index is 2.53. The number of rotatable bonds is 2. The van der Waals surface area contributed by atoms with Crippen molar-refractivity contribution in [1.82, 2.24) is 0 Å². The van der Waals surface area contributed by atoms with Crippen molar-refractivity contribution in [3.63, 3.8) is 0 Å². The molecular formula is C14H8F3IN2O. The van der Waals surface area contributed by atoms with Gasteiger partial charge in [-0.1, -0.05) is 0 Å². The molecule has 0 saturated heterocycles. The molecule has 0 bridgehead atoms. The van der Waals surface area contributed by atoms with Gasteiger partial charge in [0.25, 0.3) is 0 Å². The fraction of sp³-hybridized carbons (Fsp3) is 0.0714. The first kappa shape index (κ1) is 15.4. The van der Waals surface area contributed by atoms with E-state index in [1.54, 1.807) is 28.7 Å². The van der Waals surface area contributed by atoms with Crippen LogP contribution in [0.2, 0.25) is 0 Å². The molecule has 2 N–H and O–H groups in total. The molecule has 0 spiro atoms. The van der Waals surface area contributed by atoms with Gasteiger partial charge in [-0.25, -0.2) is 8.78 Å². The van der Waals surface area contributed by atoms with Crippen LogP contribution in [-0.4, -0.2) is 0 Å². The summed E-state index contributed by atoms with van der Waals surface area (Å²) in [6, 6.07) is 4.98. The summed E-state index contributed by atoms with van der Waals surface area (Å²) in [7, 11) is 0. The second-order valence-corrected chi connectivity index (χ2v) is 5.24. The van der Waals surface area contributed by atoms with Crippen LogP contribution in [0.25, 0.3) is 0 Å². The first-order valence-corrected chi connectivity index (χ1v) is 6.74. The number of nitrogens with two attached hydrogens (primary N) is 1. The highest BCUT2D eigenvalue weighted by molar-refractivity contribution is 14.1. The molecule has 0 atom stereocenters. The summed E-state index contributed by atoms with van der Waals surface area (Å²) in [4.78, 5) is 0. The summed E-state index contributed by atoms with van der Waals surface area (Å²) in [6.45, 7) is 1.52. The van der Waals surface area contributed by atoms with E-state index in [1.165, 1.54) is 13.0 Å². The average molecular weight is 404 g/mol. The number of nitriles is 1. The highest BCUT2D eigenvalue weighted by Gasteiger charge is 2.21. The first-order valence-electron chi connectivity index (χ1n) is 5.66. The molecule has 7 heteroatoms. The maximum atomic E-state index is 13.9. The molecule has 21 heavy (non-hydrogen) atoms. The van der Waals surface area contributed by atoms with E-state index >= 15 is 0 Å². The predicted molar refractivity (Wildman–Crippen MR) is 79.4 cm³/mol. The molecule has 0 heterocycles. The normalized spacial score (nSPS) is 10.3. The topological polar surface area (TPSA) is 59.0 Å². The van der Waals surface area contributed by atoms with Crippen molar-refractivity contribution in [3.05, 3.63) is 50.3 Å². The van der Waals surface area contributed by atoms with Gasteiger partial charge in [-0.15, -0.1) is 0 Å². The second-order valence-electron chi connectivity index (χ2n) is 4.17. The van der Waals surface area contributed by atoms with Gasteiger partial charge >= 0.3 is 0 Å². The quantitative estimate of drug-likeness (QED) is 0.462. The van der Waals surface area contributed by atoms with Gasteiger partial charge < -0.3 is 10.5 Å². The van der Waals surface area contributed by atoms with E-state index in [0.29, 0.717) is 9.13 Å². The minimum absolute atomic E-state index is 0.0231. The summed E-state index contributed by atoms with van der Waals surface area (Å²) in [5, 5.41) is 8.75. The van der Waals surface area contributed by atoms with E-state index in [9.17, 15) is 13.2 Å². The van der Waals surface area contributed by atoms with Gasteiger partial charge in [0.1, 0.15) is 17.6 Å². The van der Waals surface area contributed by atoms with Crippen LogP contribution in [0.4, 0.5) is 18.9 Å². The van der Waals surface area contributed by atoms with E-state index < -0.39 is 17.5 Å². The number of halogens is 4. The zero-order chi connectivity index (χ0) is 15.7. The van der Waals surface area contributed by atoms with Gasteiger partial charge in [0.05, 0.1) is 11.3 Å². The van der Waals surface area contributed by atoms with E-state index in [-0.39, 0.29) is 22.7 Å². The summed E-state index contributed by atoms with van der Waals surface area (Å²) in [5.41, 5.74) is 5.21. The summed E-state index contributed by atoms with van der Waals surface area (Å²) in [5.74, 6) is -3.48. The Bertz CT molecular complexity index is 743. The molecule has 0 amide bonds. The van der Waals surface area contributed by atoms with Crippen molar-refractivity contribution in [1.29, 1.82) is 5.26 Å². The molecule has 2 rings (SSSR count). The summed E-state index contributed by atoms with van der Waals surface area (Å²) in [6.07, 6.45) is 0. The van der Waals surface area contributed by atoms with Crippen LogP contribution < -0.4 is 10.5 Å². The Hall–Kier alpha value is -1.95. The van der Waals surface area contributed by atoms with E-state index in [1.807, 2.05) is 0 Å². The molecule has 2 aromatic rings. The Kier molecular flexibility index (Phi) is 4.27. The Labute approximate surface area is 132 Å². The minimum atomic E-state index is -1.23. The first-order chi connectivity index (χ1) is 9.86. The van der Waals surface area contributed by atoms with E-state index in [4.69, 9.17) is 15.7 Å². The number of hydrogen-bond acceptors (Lipinski definition) is 3. The highest BCUT2D eigenvalue weighted by atomic mass is 127. The Morgan fingerprint density at radius 1 is 1.24 bits per heavy atom. The molecule has 0 aliphatic carbocycles. The van der Waals surface area contributed by atoms with Crippen molar-refractivity contribution in [2.75, 3.05) is 5.73 Å². The molecular weight excluding hydrogens is 396 g/mol. The van der Waals surface area contributed by atoms with Gasteiger partial charge in [-0.3, -0.25) is 0 Å². The Morgan fingerprint density at radius 3 is 2.52 bits per heavy atom. The minimum Gasteiger partial charge on any atom is -0.454 e. The van der Waals surface area contributed by atoms with Crippen LogP contribution in [0, 0.1) is 39.3 Å². The molecule has 0 aliphatic rings. The van der Waals surface area contributed by atoms with Crippen LogP contribution in [0.5, 0.6) is 11.5 Å². The molecule has 0 aromatic heterocycles. The zero-order valence-electron chi connectivity index (χ0n) is 10.7. The SMILES string of the molecule is Cc1c(I)c(N)c(F)c(F)c1Oc1ccc(F)c(C#N)c1. The summed E-state index contributed by atoms with van der Waals surface area (Å²) < 4.78 is 46.4. The second kappa shape index (κ2) is 5.81. The van der Waals surface area contributed by atoms with E-state index in [2.05, 4.69) is 0 Å². The van der Waals surface area contributed by atoms with E-state index in [0.717, 1.165) is 12.1 Å². The number of ether oxygens (including phenoxy) is 1.